The van der Waals surface area contributed by atoms with Crippen molar-refractivity contribution in [3.63, 3.8) is 0 Å². The monoisotopic (exact) mass is 256 g/mol. The molecule has 1 aliphatic heterocycles. The molecule has 0 aromatic rings. The lowest BCUT2D eigenvalue weighted by Crippen LogP contribution is -2.50. The van der Waals surface area contributed by atoms with Gasteiger partial charge in [-0.1, -0.05) is 0 Å². The van der Waals surface area contributed by atoms with E-state index in [2.05, 4.69) is 20.1 Å². The number of amidine groups is 2. The molecule has 6 nitrogen and oxygen atoms in total. The number of aliphatic imine (C=N–C) groups is 2. The highest BCUT2D eigenvalue weighted by molar-refractivity contribution is 6.65. The van der Waals surface area contributed by atoms with Gasteiger partial charge in [0.2, 0.25) is 11.6 Å². The van der Waals surface area contributed by atoms with Crippen molar-refractivity contribution in [1.29, 1.82) is 0 Å². The summed E-state index contributed by atoms with van der Waals surface area (Å²) in [7, 11) is 1.51. The van der Waals surface area contributed by atoms with E-state index < -0.39 is 12.9 Å². The van der Waals surface area contributed by atoms with Crippen LogP contribution in [0.15, 0.2) is 9.98 Å². The van der Waals surface area contributed by atoms with Crippen molar-refractivity contribution in [2.24, 2.45) is 9.98 Å². The number of hydroxylamine groups is 2. The van der Waals surface area contributed by atoms with Crippen LogP contribution in [0.25, 0.3) is 0 Å². The normalized spacial score (nSPS) is 20.9. The molecule has 0 aliphatic carbocycles. The predicted octanol–water partition coefficient (Wildman–Crippen LogP) is 0.946. The van der Waals surface area contributed by atoms with Gasteiger partial charge in [0.15, 0.2) is 0 Å². The molecule has 0 aromatic carbocycles. The zero-order chi connectivity index (χ0) is 12.1. The molecule has 0 spiro atoms. The van der Waals surface area contributed by atoms with E-state index in [1.807, 2.05) is 0 Å². The molecule has 1 rings (SSSR count). The van der Waals surface area contributed by atoms with Gasteiger partial charge < -0.3 is 4.74 Å². The van der Waals surface area contributed by atoms with Crippen LogP contribution in [0.1, 0.15) is 6.92 Å². The van der Waals surface area contributed by atoms with E-state index in [0.717, 1.165) is 5.06 Å². The van der Waals surface area contributed by atoms with Crippen molar-refractivity contribution in [3.05, 3.63) is 0 Å². The van der Waals surface area contributed by atoms with Crippen LogP contribution in [0, 0.1) is 0 Å². The molecule has 0 fully saturated rings. The van der Waals surface area contributed by atoms with Gasteiger partial charge in [-0.3, -0.25) is 5.32 Å². The largest absolute Gasteiger partial charge is 0.464 e. The fourth-order valence-corrected chi connectivity index (χ4v) is 1.18. The maximum atomic E-state index is 12.2. The third-order valence-electron chi connectivity index (χ3n) is 1.55. The van der Waals surface area contributed by atoms with E-state index in [1.165, 1.54) is 7.05 Å². The smallest absolute Gasteiger partial charge is 0.365 e. The second-order valence-electron chi connectivity index (χ2n) is 2.58. The summed E-state index contributed by atoms with van der Waals surface area (Å²) in [6.07, 6.45) is -0.902. The van der Waals surface area contributed by atoms with E-state index in [9.17, 15) is 8.78 Å². The molecule has 1 aliphatic rings. The number of nitrogens with one attached hydrogen (secondary N) is 1. The standard InChI is InChI=1S/C7H11ClF2N4O2/c1-3-15-7-13-4(8)12-6(11-2)14(7)16-5(9)10/h5-6,11H,3H2,1-2H3. The van der Waals surface area contributed by atoms with E-state index in [1.54, 1.807) is 6.92 Å². The van der Waals surface area contributed by atoms with Crippen LogP contribution in [0.4, 0.5) is 8.78 Å². The molecule has 92 valence electrons. The van der Waals surface area contributed by atoms with Gasteiger partial charge in [-0.25, -0.2) is 4.99 Å². The second-order valence-corrected chi connectivity index (χ2v) is 2.92. The van der Waals surface area contributed by atoms with Crippen molar-refractivity contribution in [2.45, 2.75) is 19.8 Å². The molecule has 16 heavy (non-hydrogen) atoms. The summed E-state index contributed by atoms with van der Waals surface area (Å²) in [5.41, 5.74) is 0. The fourth-order valence-electron chi connectivity index (χ4n) is 1.01. The Morgan fingerprint density at radius 1 is 1.62 bits per heavy atom. The summed E-state index contributed by atoms with van der Waals surface area (Å²) in [4.78, 5) is 11.6. The van der Waals surface area contributed by atoms with E-state index in [0.29, 0.717) is 0 Å². The van der Waals surface area contributed by atoms with Gasteiger partial charge in [-0.2, -0.15) is 23.7 Å². The maximum Gasteiger partial charge on any atom is 0.365 e. The molecule has 1 atom stereocenters. The molecule has 0 saturated heterocycles. The molecule has 0 aromatic heterocycles. The number of ether oxygens (including phenoxy) is 1. The first-order valence-corrected chi connectivity index (χ1v) is 4.82. The van der Waals surface area contributed by atoms with Gasteiger partial charge in [0.25, 0.3) is 0 Å². The van der Waals surface area contributed by atoms with Gasteiger partial charge in [-0.15, -0.1) is 0 Å². The van der Waals surface area contributed by atoms with Crippen molar-refractivity contribution in [2.75, 3.05) is 13.7 Å². The number of rotatable bonds is 4. The minimum atomic E-state index is -3.01. The molecular formula is C7H11ClF2N4O2. The van der Waals surface area contributed by atoms with Crippen molar-refractivity contribution in [3.8, 4) is 0 Å². The van der Waals surface area contributed by atoms with Crippen LogP contribution >= 0.6 is 11.6 Å². The number of alkyl halides is 2. The third kappa shape index (κ3) is 3.26. The van der Waals surface area contributed by atoms with E-state index >= 15 is 0 Å². The first kappa shape index (κ1) is 13.1. The highest BCUT2D eigenvalue weighted by Gasteiger charge is 2.30. The Labute approximate surface area is 95.8 Å². The van der Waals surface area contributed by atoms with Gasteiger partial charge in [0.1, 0.15) is 0 Å². The Balaban J connectivity index is 2.85. The zero-order valence-corrected chi connectivity index (χ0v) is 9.41. The van der Waals surface area contributed by atoms with Crippen LogP contribution in [0.2, 0.25) is 0 Å². The predicted molar refractivity (Wildman–Crippen MR) is 54.1 cm³/mol. The van der Waals surface area contributed by atoms with Crippen molar-refractivity contribution >= 4 is 22.9 Å². The summed E-state index contributed by atoms with van der Waals surface area (Å²) in [6, 6.07) is -0.165. The zero-order valence-electron chi connectivity index (χ0n) is 8.65. The lowest BCUT2D eigenvalue weighted by atomic mass is 10.7. The fraction of sp³-hybridized carbons (Fsp3) is 0.714. The summed E-state index contributed by atoms with van der Waals surface area (Å²) in [5.74, 6) is 0. The summed E-state index contributed by atoms with van der Waals surface area (Å²) >= 11 is 5.60. The van der Waals surface area contributed by atoms with Gasteiger partial charge in [0, 0.05) is 0 Å². The molecule has 0 amide bonds. The van der Waals surface area contributed by atoms with Crippen LogP contribution in [0.5, 0.6) is 0 Å². The minimum Gasteiger partial charge on any atom is -0.464 e. The molecule has 0 saturated carbocycles. The Bertz CT molecular complexity index is 300. The summed E-state index contributed by atoms with van der Waals surface area (Å²) in [6.45, 7) is -1.09. The molecule has 1 unspecified atom stereocenters. The summed E-state index contributed by atoms with van der Waals surface area (Å²) in [5, 5.41) is 3.24. The quantitative estimate of drug-likeness (QED) is 0.761. The average Bonchev–Trinajstić information content (AvgIpc) is 2.21. The van der Waals surface area contributed by atoms with Crippen LogP contribution in [0.3, 0.4) is 0 Å². The minimum absolute atomic E-state index is 0.100. The number of halogens is 3. The Morgan fingerprint density at radius 3 is 2.81 bits per heavy atom. The third-order valence-corrected chi connectivity index (χ3v) is 1.73. The lowest BCUT2D eigenvalue weighted by Gasteiger charge is -2.30. The van der Waals surface area contributed by atoms with Crippen LogP contribution < -0.4 is 5.32 Å². The average molecular weight is 257 g/mol. The summed E-state index contributed by atoms with van der Waals surface area (Å²) < 4.78 is 29.3. The van der Waals surface area contributed by atoms with Crippen LogP contribution in [-0.2, 0) is 9.57 Å². The Kier molecular flexibility index (Phi) is 4.84. The first-order chi connectivity index (χ1) is 7.58. The number of hydrogen-bond donors (Lipinski definition) is 1. The highest BCUT2D eigenvalue weighted by Crippen LogP contribution is 2.14. The van der Waals surface area contributed by atoms with E-state index in [4.69, 9.17) is 16.3 Å². The van der Waals surface area contributed by atoms with Gasteiger partial charge >= 0.3 is 12.6 Å². The molecular weight excluding hydrogens is 246 g/mol. The lowest BCUT2D eigenvalue weighted by molar-refractivity contribution is -0.272. The van der Waals surface area contributed by atoms with Gasteiger partial charge in [0.05, 0.1) is 6.61 Å². The van der Waals surface area contributed by atoms with Gasteiger partial charge in [-0.05, 0) is 25.6 Å². The Hall–Kier alpha value is -0.990. The number of hydrogen-bond acceptors (Lipinski definition) is 6. The number of nitrogens with zero attached hydrogens (tertiary/aromatic N) is 3. The second kappa shape index (κ2) is 5.92. The Morgan fingerprint density at radius 2 is 2.31 bits per heavy atom. The van der Waals surface area contributed by atoms with Crippen molar-refractivity contribution < 1.29 is 18.4 Å². The van der Waals surface area contributed by atoms with Crippen molar-refractivity contribution in [1.82, 2.24) is 10.4 Å². The molecule has 0 bridgehead atoms. The first-order valence-electron chi connectivity index (χ1n) is 4.44. The highest BCUT2D eigenvalue weighted by atomic mass is 35.5. The topological polar surface area (TPSA) is 58.5 Å². The van der Waals surface area contributed by atoms with Crippen LogP contribution in [-0.4, -0.2) is 42.9 Å². The molecule has 0 radical (unpaired) electrons. The maximum absolute atomic E-state index is 12.2. The molecule has 9 heteroatoms. The SMILES string of the molecule is CCOC1=NC(Cl)=NC(NC)N1OC(F)F. The van der Waals surface area contributed by atoms with E-state index in [-0.39, 0.29) is 17.9 Å². The molecule has 1 N–H and O–H groups in total. The molecule has 1 heterocycles.